The Hall–Kier alpha value is -1.16. The molecular formula is C10H15N3O. The molecule has 1 saturated carbocycles. The SMILES string of the molecule is Nc1cnc(C2CCC(O)CC2)cn1. The summed E-state index contributed by atoms with van der Waals surface area (Å²) < 4.78 is 0. The molecule has 1 aromatic heterocycles. The first-order valence-electron chi connectivity index (χ1n) is 5.01. The molecule has 14 heavy (non-hydrogen) atoms. The van der Waals surface area contributed by atoms with E-state index in [0.717, 1.165) is 31.4 Å². The van der Waals surface area contributed by atoms with Crippen molar-refractivity contribution in [3.05, 3.63) is 18.1 Å². The number of aliphatic hydroxyl groups is 1. The van der Waals surface area contributed by atoms with Crippen LogP contribution in [0, 0.1) is 0 Å². The number of nitrogens with zero attached hydrogens (tertiary/aromatic N) is 2. The van der Waals surface area contributed by atoms with Crippen molar-refractivity contribution in [2.24, 2.45) is 0 Å². The molecule has 0 unspecified atom stereocenters. The molecule has 1 aromatic rings. The smallest absolute Gasteiger partial charge is 0.141 e. The number of aliphatic hydroxyl groups excluding tert-OH is 1. The van der Waals surface area contributed by atoms with E-state index in [4.69, 9.17) is 5.73 Å². The quantitative estimate of drug-likeness (QED) is 0.700. The Morgan fingerprint density at radius 3 is 2.43 bits per heavy atom. The van der Waals surface area contributed by atoms with Gasteiger partial charge in [0.2, 0.25) is 0 Å². The summed E-state index contributed by atoms with van der Waals surface area (Å²) in [5.41, 5.74) is 6.47. The third-order valence-corrected chi connectivity index (χ3v) is 2.81. The molecule has 0 aliphatic heterocycles. The van der Waals surface area contributed by atoms with Crippen molar-refractivity contribution in [2.45, 2.75) is 37.7 Å². The molecule has 4 heteroatoms. The molecule has 0 aromatic carbocycles. The third-order valence-electron chi connectivity index (χ3n) is 2.81. The van der Waals surface area contributed by atoms with Gasteiger partial charge in [0.05, 0.1) is 24.2 Å². The average Bonchev–Trinajstić information content (AvgIpc) is 2.21. The summed E-state index contributed by atoms with van der Waals surface area (Å²) in [6.45, 7) is 0. The van der Waals surface area contributed by atoms with E-state index in [0.29, 0.717) is 11.7 Å². The van der Waals surface area contributed by atoms with E-state index in [-0.39, 0.29) is 6.10 Å². The lowest BCUT2D eigenvalue weighted by Crippen LogP contribution is -2.17. The maximum atomic E-state index is 9.36. The molecule has 0 bridgehead atoms. The standard InChI is InChI=1S/C10H15N3O/c11-10-6-12-9(5-13-10)7-1-3-8(14)4-2-7/h5-8,14H,1-4H2,(H2,11,13). The minimum absolute atomic E-state index is 0.118. The lowest BCUT2D eigenvalue weighted by Gasteiger charge is -2.24. The Balaban J connectivity index is 2.05. The van der Waals surface area contributed by atoms with Crippen LogP contribution in [0.3, 0.4) is 0 Å². The van der Waals surface area contributed by atoms with Crippen molar-refractivity contribution < 1.29 is 5.11 Å². The lowest BCUT2D eigenvalue weighted by atomic mass is 9.85. The van der Waals surface area contributed by atoms with Crippen LogP contribution in [0.25, 0.3) is 0 Å². The van der Waals surface area contributed by atoms with Gasteiger partial charge >= 0.3 is 0 Å². The van der Waals surface area contributed by atoms with Crippen molar-refractivity contribution in [3.8, 4) is 0 Å². The number of hydrogen-bond donors (Lipinski definition) is 2. The topological polar surface area (TPSA) is 72.0 Å². The van der Waals surface area contributed by atoms with Gasteiger partial charge in [-0.15, -0.1) is 0 Å². The predicted molar refractivity (Wildman–Crippen MR) is 53.7 cm³/mol. The van der Waals surface area contributed by atoms with Crippen molar-refractivity contribution in [3.63, 3.8) is 0 Å². The van der Waals surface area contributed by atoms with E-state index in [2.05, 4.69) is 9.97 Å². The molecule has 2 rings (SSSR count). The monoisotopic (exact) mass is 193 g/mol. The van der Waals surface area contributed by atoms with Crippen molar-refractivity contribution in [1.29, 1.82) is 0 Å². The molecule has 0 spiro atoms. The van der Waals surface area contributed by atoms with E-state index in [1.54, 1.807) is 12.4 Å². The highest BCUT2D eigenvalue weighted by Gasteiger charge is 2.21. The second kappa shape index (κ2) is 3.92. The van der Waals surface area contributed by atoms with Gasteiger partial charge in [-0.05, 0) is 25.7 Å². The van der Waals surface area contributed by atoms with Crippen LogP contribution in [0.5, 0.6) is 0 Å². The summed E-state index contributed by atoms with van der Waals surface area (Å²) in [5.74, 6) is 0.913. The number of nitrogen functional groups attached to an aromatic ring is 1. The van der Waals surface area contributed by atoms with Crippen LogP contribution in [0.4, 0.5) is 5.82 Å². The predicted octanol–water partition coefficient (Wildman–Crippen LogP) is 1.08. The molecule has 1 heterocycles. The maximum absolute atomic E-state index is 9.36. The van der Waals surface area contributed by atoms with Gasteiger partial charge in [-0.1, -0.05) is 0 Å². The van der Waals surface area contributed by atoms with Crippen LogP contribution >= 0.6 is 0 Å². The van der Waals surface area contributed by atoms with Gasteiger partial charge in [0.1, 0.15) is 5.82 Å². The number of nitrogens with two attached hydrogens (primary N) is 1. The number of hydrogen-bond acceptors (Lipinski definition) is 4. The second-order valence-electron chi connectivity index (χ2n) is 3.87. The van der Waals surface area contributed by atoms with Crippen LogP contribution < -0.4 is 5.73 Å². The van der Waals surface area contributed by atoms with Crippen LogP contribution in [0.2, 0.25) is 0 Å². The molecule has 0 atom stereocenters. The molecule has 1 aliphatic rings. The Morgan fingerprint density at radius 1 is 1.14 bits per heavy atom. The zero-order chi connectivity index (χ0) is 9.97. The summed E-state index contributed by atoms with van der Waals surface area (Å²) in [6, 6.07) is 0. The number of anilines is 1. The molecule has 1 fully saturated rings. The Kier molecular flexibility index (Phi) is 2.63. The summed E-state index contributed by atoms with van der Waals surface area (Å²) in [5, 5.41) is 9.36. The van der Waals surface area contributed by atoms with E-state index in [9.17, 15) is 5.11 Å². The minimum Gasteiger partial charge on any atom is -0.393 e. The van der Waals surface area contributed by atoms with E-state index in [1.165, 1.54) is 0 Å². The van der Waals surface area contributed by atoms with E-state index >= 15 is 0 Å². The molecule has 76 valence electrons. The fraction of sp³-hybridized carbons (Fsp3) is 0.600. The van der Waals surface area contributed by atoms with Crippen molar-refractivity contribution in [2.75, 3.05) is 5.73 Å². The first kappa shape index (κ1) is 9.40. The van der Waals surface area contributed by atoms with Gasteiger partial charge < -0.3 is 10.8 Å². The highest BCUT2D eigenvalue weighted by atomic mass is 16.3. The molecular weight excluding hydrogens is 178 g/mol. The molecule has 4 nitrogen and oxygen atoms in total. The lowest BCUT2D eigenvalue weighted by molar-refractivity contribution is 0.122. The highest BCUT2D eigenvalue weighted by molar-refractivity contribution is 5.23. The van der Waals surface area contributed by atoms with Gasteiger partial charge in [0, 0.05) is 5.92 Å². The normalized spacial score (nSPS) is 27.5. The van der Waals surface area contributed by atoms with Crippen molar-refractivity contribution in [1.82, 2.24) is 9.97 Å². The van der Waals surface area contributed by atoms with Gasteiger partial charge in [-0.3, -0.25) is 4.98 Å². The highest BCUT2D eigenvalue weighted by Crippen LogP contribution is 2.31. The van der Waals surface area contributed by atoms with Gasteiger partial charge in [0.25, 0.3) is 0 Å². The summed E-state index contributed by atoms with van der Waals surface area (Å²) in [4.78, 5) is 8.28. The third kappa shape index (κ3) is 2.01. The van der Waals surface area contributed by atoms with E-state index in [1.807, 2.05) is 0 Å². The van der Waals surface area contributed by atoms with Crippen LogP contribution in [-0.2, 0) is 0 Å². The fourth-order valence-electron chi connectivity index (χ4n) is 1.93. The first-order chi connectivity index (χ1) is 6.75. The average molecular weight is 193 g/mol. The molecule has 1 aliphatic carbocycles. The van der Waals surface area contributed by atoms with Crippen LogP contribution in [-0.4, -0.2) is 21.2 Å². The van der Waals surface area contributed by atoms with Crippen molar-refractivity contribution >= 4 is 5.82 Å². The van der Waals surface area contributed by atoms with Gasteiger partial charge in [0.15, 0.2) is 0 Å². The zero-order valence-electron chi connectivity index (χ0n) is 8.06. The second-order valence-corrected chi connectivity index (χ2v) is 3.87. The largest absolute Gasteiger partial charge is 0.393 e. The Bertz CT molecular complexity index is 291. The molecule has 0 radical (unpaired) electrons. The van der Waals surface area contributed by atoms with E-state index < -0.39 is 0 Å². The molecule has 0 saturated heterocycles. The number of rotatable bonds is 1. The van der Waals surface area contributed by atoms with Crippen LogP contribution in [0.1, 0.15) is 37.3 Å². The Morgan fingerprint density at radius 2 is 1.86 bits per heavy atom. The van der Waals surface area contributed by atoms with Crippen LogP contribution in [0.15, 0.2) is 12.4 Å². The van der Waals surface area contributed by atoms with Gasteiger partial charge in [-0.25, -0.2) is 4.98 Å². The summed E-state index contributed by atoms with van der Waals surface area (Å²) in [7, 11) is 0. The fourth-order valence-corrected chi connectivity index (χ4v) is 1.93. The molecule has 3 N–H and O–H groups in total. The van der Waals surface area contributed by atoms with Gasteiger partial charge in [-0.2, -0.15) is 0 Å². The Labute approximate surface area is 83.2 Å². The zero-order valence-corrected chi connectivity index (χ0v) is 8.06. The molecule has 0 amide bonds. The first-order valence-corrected chi connectivity index (χ1v) is 5.01. The minimum atomic E-state index is -0.118. The summed E-state index contributed by atoms with van der Waals surface area (Å²) >= 11 is 0. The maximum Gasteiger partial charge on any atom is 0.141 e. The summed E-state index contributed by atoms with van der Waals surface area (Å²) in [6.07, 6.45) is 6.97. The number of aromatic nitrogens is 2.